The highest BCUT2D eigenvalue weighted by Crippen LogP contribution is 2.39. The fourth-order valence-electron chi connectivity index (χ4n) is 4.81. The predicted octanol–water partition coefficient (Wildman–Crippen LogP) is 5.58. The van der Waals surface area contributed by atoms with Gasteiger partial charge in [-0.2, -0.15) is 0 Å². The van der Waals surface area contributed by atoms with Crippen LogP contribution in [0.25, 0.3) is 27.6 Å². The second-order valence-electron chi connectivity index (χ2n) is 8.90. The maximum Gasteiger partial charge on any atom is 0.193 e. The largest absolute Gasteiger partial charge is 0.471 e. The molecule has 3 aromatic heterocycles. The lowest BCUT2D eigenvalue weighted by atomic mass is 10.0. The van der Waals surface area contributed by atoms with Crippen molar-refractivity contribution >= 4 is 49.2 Å². The summed E-state index contributed by atoms with van der Waals surface area (Å²) in [5, 5.41) is 12.5. The molecule has 1 aliphatic heterocycles. The van der Waals surface area contributed by atoms with Gasteiger partial charge in [-0.3, -0.25) is 9.78 Å². The van der Waals surface area contributed by atoms with E-state index < -0.39 is 0 Å². The van der Waals surface area contributed by atoms with Crippen LogP contribution in [0.15, 0.2) is 94.6 Å². The molecule has 6 aromatic rings. The van der Waals surface area contributed by atoms with Gasteiger partial charge >= 0.3 is 0 Å². The quantitative estimate of drug-likeness (QED) is 0.301. The third kappa shape index (κ3) is 3.75. The van der Waals surface area contributed by atoms with E-state index in [1.807, 2.05) is 72.9 Å². The van der Waals surface area contributed by atoms with Crippen LogP contribution < -0.4 is 15.5 Å². The van der Waals surface area contributed by atoms with Crippen LogP contribution in [0.2, 0.25) is 0 Å². The Labute approximate surface area is 219 Å². The van der Waals surface area contributed by atoms with Crippen LogP contribution in [0.3, 0.4) is 0 Å². The van der Waals surface area contributed by atoms with Crippen molar-refractivity contribution in [2.24, 2.45) is 0 Å². The van der Waals surface area contributed by atoms with Gasteiger partial charge in [0.1, 0.15) is 11.3 Å². The van der Waals surface area contributed by atoms with E-state index in [-0.39, 0.29) is 12.2 Å². The summed E-state index contributed by atoms with van der Waals surface area (Å²) < 4.78 is 10.9. The van der Waals surface area contributed by atoms with Crippen LogP contribution in [0, 0.1) is 0 Å². The molecule has 180 valence electrons. The first-order valence-corrected chi connectivity index (χ1v) is 12.5. The molecular weight excluding hydrogens is 532 g/mol. The molecule has 3 aromatic carbocycles. The minimum atomic E-state index is -0.0340. The Morgan fingerprint density at radius 2 is 1.92 bits per heavy atom. The van der Waals surface area contributed by atoms with Crippen molar-refractivity contribution in [3.8, 4) is 11.4 Å². The van der Waals surface area contributed by atoms with Crippen LogP contribution in [0.4, 0.5) is 11.4 Å². The monoisotopic (exact) mass is 550 g/mol. The fraction of sp³-hybridized carbons (Fsp3) is 0.0714. The molecule has 9 heteroatoms. The summed E-state index contributed by atoms with van der Waals surface area (Å²) in [6, 6.07) is 21.4. The van der Waals surface area contributed by atoms with Crippen LogP contribution in [-0.4, -0.2) is 24.5 Å². The number of pyridine rings is 2. The van der Waals surface area contributed by atoms with Gasteiger partial charge in [0.05, 0.1) is 33.5 Å². The van der Waals surface area contributed by atoms with Crippen molar-refractivity contribution in [3.63, 3.8) is 0 Å². The van der Waals surface area contributed by atoms with Crippen LogP contribution in [0.1, 0.15) is 11.1 Å². The minimum absolute atomic E-state index is 0.0340. The summed E-state index contributed by atoms with van der Waals surface area (Å²) in [5.41, 5.74) is 6.80. The zero-order chi connectivity index (χ0) is 24.9. The normalized spacial score (nSPS) is 11.9. The number of nitrogens with zero attached hydrogens (tertiary/aromatic N) is 5. The molecule has 1 N–H and O–H groups in total. The second kappa shape index (κ2) is 8.56. The Morgan fingerprint density at radius 1 is 1.00 bits per heavy atom. The summed E-state index contributed by atoms with van der Waals surface area (Å²) in [4.78, 5) is 18.0. The van der Waals surface area contributed by atoms with Gasteiger partial charge in [0.2, 0.25) is 0 Å². The standard InChI is InChI=1S/C28H19BrN6O2/c29-19-7-8-22-26(11-19)34-15-18(10-17-4-3-9-30-14-17)28(36)21-12-20(13-24(31-22)27(21)34)37-16-35-25-6-2-1-5-23(25)32-33-35/h1-9,11-15,31H,10,16H2. The molecule has 0 spiro atoms. The lowest BCUT2D eigenvalue weighted by molar-refractivity contribution is 0.223. The number of hydrogen-bond donors (Lipinski definition) is 1. The first kappa shape index (κ1) is 21.8. The molecule has 0 amide bonds. The van der Waals surface area contributed by atoms with E-state index in [1.165, 1.54) is 0 Å². The molecule has 0 bridgehead atoms. The Kier molecular flexibility index (Phi) is 5.03. The maximum atomic E-state index is 13.8. The predicted molar refractivity (Wildman–Crippen MR) is 146 cm³/mol. The summed E-state index contributed by atoms with van der Waals surface area (Å²) in [6.45, 7) is 0.165. The maximum absolute atomic E-state index is 13.8. The van der Waals surface area contributed by atoms with Gasteiger partial charge in [-0.15, -0.1) is 5.10 Å². The summed E-state index contributed by atoms with van der Waals surface area (Å²) in [5.74, 6) is 0.567. The zero-order valence-corrected chi connectivity index (χ0v) is 21.0. The Morgan fingerprint density at radius 3 is 2.81 bits per heavy atom. The molecule has 0 radical (unpaired) electrons. The molecule has 4 heterocycles. The lowest BCUT2D eigenvalue weighted by Gasteiger charge is -2.26. The number of nitrogens with one attached hydrogen (secondary N) is 1. The van der Waals surface area contributed by atoms with Gasteiger partial charge in [0.25, 0.3) is 0 Å². The van der Waals surface area contributed by atoms with Gasteiger partial charge in [-0.05, 0) is 48.0 Å². The van der Waals surface area contributed by atoms with E-state index in [2.05, 4.69) is 41.1 Å². The van der Waals surface area contributed by atoms with Crippen molar-refractivity contribution in [2.75, 3.05) is 5.32 Å². The van der Waals surface area contributed by atoms with Crippen molar-refractivity contribution < 1.29 is 4.74 Å². The number of ether oxygens (including phenoxy) is 1. The van der Waals surface area contributed by atoms with Crippen molar-refractivity contribution in [1.29, 1.82) is 0 Å². The summed E-state index contributed by atoms with van der Waals surface area (Å²) in [7, 11) is 0. The smallest absolute Gasteiger partial charge is 0.193 e. The lowest BCUT2D eigenvalue weighted by Crippen LogP contribution is -2.19. The zero-order valence-electron chi connectivity index (χ0n) is 19.4. The van der Waals surface area contributed by atoms with E-state index in [4.69, 9.17) is 4.74 Å². The first-order valence-electron chi connectivity index (χ1n) is 11.7. The molecule has 0 atom stereocenters. The number of rotatable bonds is 5. The summed E-state index contributed by atoms with van der Waals surface area (Å²) in [6.07, 6.45) is 5.94. The van der Waals surface area contributed by atoms with E-state index in [0.29, 0.717) is 23.1 Å². The number of fused-ring (bicyclic) bond motifs is 3. The van der Waals surface area contributed by atoms with Gasteiger partial charge in [0, 0.05) is 41.1 Å². The summed E-state index contributed by atoms with van der Waals surface area (Å²) >= 11 is 3.59. The Bertz CT molecular complexity index is 1880. The SMILES string of the molecule is O=c1c(Cc2cccnc2)cn2c3c(cc(OCn4nnc5ccccc54)cc13)Nc1ccc(Br)cc1-2. The van der Waals surface area contributed by atoms with Crippen LogP contribution in [-0.2, 0) is 13.2 Å². The third-order valence-electron chi connectivity index (χ3n) is 6.53. The van der Waals surface area contributed by atoms with Crippen LogP contribution >= 0.6 is 15.9 Å². The molecule has 0 aliphatic carbocycles. The van der Waals surface area contributed by atoms with Crippen molar-refractivity contribution in [2.45, 2.75) is 13.2 Å². The first-order chi connectivity index (χ1) is 18.1. The van der Waals surface area contributed by atoms with E-state index >= 15 is 0 Å². The molecule has 1 aliphatic rings. The molecule has 0 saturated heterocycles. The van der Waals surface area contributed by atoms with Gasteiger partial charge < -0.3 is 14.6 Å². The minimum Gasteiger partial charge on any atom is -0.471 e. The molecular formula is C28H19BrN6O2. The van der Waals surface area contributed by atoms with Crippen molar-refractivity contribution in [3.05, 3.63) is 111 Å². The van der Waals surface area contributed by atoms with Gasteiger partial charge in [-0.1, -0.05) is 39.3 Å². The van der Waals surface area contributed by atoms with Gasteiger partial charge in [-0.25, -0.2) is 4.68 Å². The molecule has 8 nitrogen and oxygen atoms in total. The second-order valence-corrected chi connectivity index (χ2v) is 9.81. The molecule has 0 fully saturated rings. The number of halogens is 1. The number of benzene rings is 3. The molecule has 0 unspecified atom stereocenters. The number of para-hydroxylation sites is 1. The van der Waals surface area contributed by atoms with Crippen molar-refractivity contribution in [1.82, 2.24) is 24.5 Å². The Hall–Kier alpha value is -4.50. The topological polar surface area (TPSA) is 86.9 Å². The molecule has 37 heavy (non-hydrogen) atoms. The fourth-order valence-corrected chi connectivity index (χ4v) is 5.16. The van der Waals surface area contributed by atoms with Crippen LogP contribution in [0.5, 0.6) is 5.75 Å². The highest BCUT2D eigenvalue weighted by Gasteiger charge is 2.22. The number of hydrogen-bond acceptors (Lipinski definition) is 6. The van der Waals surface area contributed by atoms with E-state index in [9.17, 15) is 4.79 Å². The highest BCUT2D eigenvalue weighted by molar-refractivity contribution is 9.10. The molecule has 7 rings (SSSR count). The average molecular weight is 551 g/mol. The number of aromatic nitrogens is 5. The Balaban J connectivity index is 1.37. The van der Waals surface area contributed by atoms with Gasteiger partial charge in [0.15, 0.2) is 12.2 Å². The third-order valence-corrected chi connectivity index (χ3v) is 7.02. The van der Waals surface area contributed by atoms with E-state index in [1.54, 1.807) is 17.1 Å². The average Bonchev–Trinajstić information content (AvgIpc) is 3.34. The number of anilines is 2. The molecule has 0 saturated carbocycles. The van der Waals surface area contributed by atoms with E-state index in [0.717, 1.165) is 43.6 Å². The highest BCUT2D eigenvalue weighted by atomic mass is 79.9.